The lowest BCUT2D eigenvalue weighted by Crippen LogP contribution is -2.23. The maximum atomic E-state index is 13.1. The molecule has 2 heterocycles. The third-order valence-electron chi connectivity index (χ3n) is 4.71. The largest absolute Gasteiger partial charge is 0.376 e. The van der Waals surface area contributed by atoms with Gasteiger partial charge in [0.15, 0.2) is 5.69 Å². The van der Waals surface area contributed by atoms with E-state index in [-0.39, 0.29) is 17.8 Å². The summed E-state index contributed by atoms with van der Waals surface area (Å²) < 4.78 is 21.4. The number of thioether (sulfide) groups is 1. The van der Waals surface area contributed by atoms with Crippen LogP contribution < -0.4 is 5.32 Å². The van der Waals surface area contributed by atoms with Crippen molar-refractivity contribution in [2.24, 2.45) is 0 Å². The van der Waals surface area contributed by atoms with Crippen LogP contribution in [0, 0.1) is 5.82 Å². The summed E-state index contributed by atoms with van der Waals surface area (Å²) in [5.41, 5.74) is 1.69. The molecule has 1 aliphatic rings. The van der Waals surface area contributed by atoms with Crippen molar-refractivity contribution in [3.05, 3.63) is 70.2 Å². The molecule has 1 unspecified atom stereocenters. The highest BCUT2D eigenvalue weighted by atomic mass is 79.9. The number of amides is 1. The summed E-state index contributed by atoms with van der Waals surface area (Å²) in [6.45, 7) is 1.21. The second-order valence-electron chi connectivity index (χ2n) is 6.91. The molecule has 1 aliphatic heterocycles. The van der Waals surface area contributed by atoms with Crippen molar-refractivity contribution in [3.8, 4) is 0 Å². The maximum Gasteiger partial charge on any atom is 0.275 e. The summed E-state index contributed by atoms with van der Waals surface area (Å²) >= 11 is 4.87. The molecule has 9 heteroatoms. The molecule has 0 spiro atoms. The fourth-order valence-electron chi connectivity index (χ4n) is 3.21. The fourth-order valence-corrected chi connectivity index (χ4v) is 4.30. The number of aromatic nitrogens is 3. The SMILES string of the molecule is O=C(Nc1ccc(Br)cc1)c1c(CSc2ccc(F)cc2)nnn1CC1CCCO1. The molecule has 2 aromatic carbocycles. The summed E-state index contributed by atoms with van der Waals surface area (Å²) in [5.74, 6) is -0.105. The second-order valence-corrected chi connectivity index (χ2v) is 8.87. The van der Waals surface area contributed by atoms with E-state index in [0.717, 1.165) is 28.8 Å². The number of carbonyl (C=O) groups is 1. The summed E-state index contributed by atoms with van der Waals surface area (Å²) in [5, 5.41) is 11.4. The smallest absolute Gasteiger partial charge is 0.275 e. The molecule has 1 aromatic heterocycles. The van der Waals surface area contributed by atoms with Gasteiger partial charge in [0.2, 0.25) is 0 Å². The Balaban J connectivity index is 1.55. The number of anilines is 1. The van der Waals surface area contributed by atoms with Gasteiger partial charge in [0.05, 0.1) is 12.6 Å². The van der Waals surface area contributed by atoms with E-state index >= 15 is 0 Å². The van der Waals surface area contributed by atoms with Gasteiger partial charge in [-0.05, 0) is 61.4 Å². The van der Waals surface area contributed by atoms with Crippen LogP contribution in [0.25, 0.3) is 0 Å². The van der Waals surface area contributed by atoms with Crippen LogP contribution in [0.4, 0.5) is 10.1 Å². The van der Waals surface area contributed by atoms with E-state index in [1.54, 1.807) is 16.8 Å². The Morgan fingerprint density at radius 1 is 1.23 bits per heavy atom. The van der Waals surface area contributed by atoms with Gasteiger partial charge in [-0.3, -0.25) is 4.79 Å². The molecule has 30 heavy (non-hydrogen) atoms. The number of rotatable bonds is 7. The number of benzene rings is 2. The van der Waals surface area contributed by atoms with E-state index < -0.39 is 0 Å². The zero-order chi connectivity index (χ0) is 20.9. The lowest BCUT2D eigenvalue weighted by molar-refractivity contribution is 0.0899. The minimum absolute atomic E-state index is 0.0310. The highest BCUT2D eigenvalue weighted by Gasteiger charge is 2.24. The Labute approximate surface area is 186 Å². The topological polar surface area (TPSA) is 69.0 Å². The third kappa shape index (κ3) is 5.27. The molecule has 1 atom stereocenters. The van der Waals surface area contributed by atoms with E-state index in [2.05, 4.69) is 31.6 Å². The van der Waals surface area contributed by atoms with Gasteiger partial charge in [-0.25, -0.2) is 9.07 Å². The molecular weight excluding hydrogens is 471 g/mol. The average Bonchev–Trinajstić information content (AvgIpc) is 3.39. The van der Waals surface area contributed by atoms with Crippen LogP contribution in [0.5, 0.6) is 0 Å². The summed E-state index contributed by atoms with van der Waals surface area (Å²) in [7, 11) is 0. The van der Waals surface area contributed by atoms with Crippen molar-refractivity contribution >= 4 is 39.3 Å². The highest BCUT2D eigenvalue weighted by molar-refractivity contribution is 9.10. The molecule has 6 nitrogen and oxygen atoms in total. The van der Waals surface area contributed by atoms with Crippen LogP contribution in [-0.4, -0.2) is 33.6 Å². The quantitative estimate of drug-likeness (QED) is 0.476. The molecule has 156 valence electrons. The summed E-state index contributed by atoms with van der Waals surface area (Å²) in [6, 6.07) is 13.6. The first kappa shape index (κ1) is 21.0. The molecule has 1 amide bonds. The number of ether oxygens (including phenoxy) is 1. The molecule has 0 bridgehead atoms. The number of nitrogens with zero attached hydrogens (tertiary/aromatic N) is 3. The Bertz CT molecular complexity index is 1000. The Hall–Kier alpha value is -2.23. The molecule has 0 saturated carbocycles. The fraction of sp³-hybridized carbons (Fsp3) is 0.286. The van der Waals surface area contributed by atoms with Crippen molar-refractivity contribution in [3.63, 3.8) is 0 Å². The first-order valence-electron chi connectivity index (χ1n) is 9.58. The van der Waals surface area contributed by atoms with Crippen LogP contribution in [0.3, 0.4) is 0 Å². The maximum absolute atomic E-state index is 13.1. The van der Waals surface area contributed by atoms with Gasteiger partial charge in [0.25, 0.3) is 5.91 Å². The van der Waals surface area contributed by atoms with E-state index in [9.17, 15) is 9.18 Å². The first-order valence-corrected chi connectivity index (χ1v) is 11.4. The van der Waals surface area contributed by atoms with E-state index in [1.807, 2.05) is 24.3 Å². The predicted molar refractivity (Wildman–Crippen MR) is 117 cm³/mol. The van der Waals surface area contributed by atoms with Crippen molar-refractivity contribution in [2.75, 3.05) is 11.9 Å². The van der Waals surface area contributed by atoms with Crippen molar-refractivity contribution in [2.45, 2.75) is 36.1 Å². The Morgan fingerprint density at radius 2 is 2.00 bits per heavy atom. The third-order valence-corrected chi connectivity index (χ3v) is 6.26. The van der Waals surface area contributed by atoms with Crippen molar-refractivity contribution in [1.82, 2.24) is 15.0 Å². The van der Waals surface area contributed by atoms with Crippen LogP contribution >= 0.6 is 27.7 Å². The summed E-state index contributed by atoms with van der Waals surface area (Å²) in [4.78, 5) is 14.0. The molecule has 0 radical (unpaired) electrons. The zero-order valence-corrected chi connectivity index (χ0v) is 18.5. The molecule has 4 rings (SSSR count). The number of carbonyl (C=O) groups excluding carboxylic acids is 1. The van der Waals surface area contributed by atoms with Gasteiger partial charge in [-0.1, -0.05) is 21.1 Å². The summed E-state index contributed by atoms with van der Waals surface area (Å²) in [6.07, 6.45) is 1.98. The first-order chi connectivity index (χ1) is 14.6. The number of halogens is 2. The Kier molecular flexibility index (Phi) is 6.81. The minimum Gasteiger partial charge on any atom is -0.376 e. The van der Waals surface area contributed by atoms with Crippen molar-refractivity contribution < 1.29 is 13.9 Å². The van der Waals surface area contributed by atoms with Crippen molar-refractivity contribution in [1.29, 1.82) is 0 Å². The highest BCUT2D eigenvalue weighted by Crippen LogP contribution is 2.25. The van der Waals surface area contributed by atoms with Gasteiger partial charge < -0.3 is 10.1 Å². The van der Waals surface area contributed by atoms with Crippen LogP contribution in [0.15, 0.2) is 57.9 Å². The number of hydrogen-bond acceptors (Lipinski definition) is 5. The van der Waals surface area contributed by atoms with E-state index in [1.165, 1.54) is 23.9 Å². The minimum atomic E-state index is -0.281. The number of nitrogens with one attached hydrogen (secondary N) is 1. The van der Waals surface area contributed by atoms with E-state index in [0.29, 0.717) is 29.4 Å². The molecular formula is C21H20BrFN4O2S. The predicted octanol–water partition coefficient (Wildman–Crippen LogP) is 4.90. The lowest BCUT2D eigenvalue weighted by Gasteiger charge is -2.12. The van der Waals surface area contributed by atoms with Crippen LogP contribution in [0.2, 0.25) is 0 Å². The van der Waals surface area contributed by atoms with Gasteiger partial charge in [-0.2, -0.15) is 0 Å². The Morgan fingerprint density at radius 3 is 2.70 bits per heavy atom. The van der Waals surface area contributed by atoms with Crippen LogP contribution in [0.1, 0.15) is 29.0 Å². The number of hydrogen-bond donors (Lipinski definition) is 1. The average molecular weight is 491 g/mol. The molecule has 3 aromatic rings. The molecule has 1 N–H and O–H groups in total. The second kappa shape index (κ2) is 9.72. The van der Waals surface area contributed by atoms with Gasteiger partial charge in [0.1, 0.15) is 11.5 Å². The lowest BCUT2D eigenvalue weighted by atomic mass is 10.2. The van der Waals surface area contributed by atoms with Gasteiger partial charge in [-0.15, -0.1) is 16.9 Å². The van der Waals surface area contributed by atoms with E-state index in [4.69, 9.17) is 4.74 Å². The van der Waals surface area contributed by atoms with Crippen LogP contribution in [-0.2, 0) is 17.0 Å². The zero-order valence-electron chi connectivity index (χ0n) is 16.1. The molecule has 1 fully saturated rings. The normalized spacial score (nSPS) is 16.0. The monoisotopic (exact) mass is 490 g/mol. The standard InChI is InChI=1S/C21H20BrFN4O2S/c22-14-3-7-16(8-4-14)24-21(28)20-19(13-30-18-9-5-15(23)6-10-18)25-26-27(20)12-17-2-1-11-29-17/h3-10,17H,1-2,11-13H2,(H,24,28). The molecule has 1 saturated heterocycles. The van der Waals surface area contributed by atoms with Gasteiger partial charge >= 0.3 is 0 Å². The van der Waals surface area contributed by atoms with Gasteiger partial charge in [0, 0.05) is 27.4 Å². The molecule has 0 aliphatic carbocycles.